The quantitative estimate of drug-likeness (QED) is 0.177. The number of nitrogens with one attached hydrogen (secondary N) is 4. The van der Waals surface area contributed by atoms with Gasteiger partial charge in [-0.1, -0.05) is 6.07 Å². The van der Waals surface area contributed by atoms with Gasteiger partial charge in [-0.25, -0.2) is 4.39 Å². The number of carbonyl (C=O) groups is 2. The van der Waals surface area contributed by atoms with E-state index in [4.69, 9.17) is 0 Å². The molecule has 0 aromatic heterocycles. The summed E-state index contributed by atoms with van der Waals surface area (Å²) in [5.41, 5.74) is 0.804. The lowest BCUT2D eigenvalue weighted by atomic mass is 10.1. The molecule has 2 amide bonds. The second-order valence-corrected chi connectivity index (χ2v) is 6.47. The maximum atomic E-state index is 13.5. The Morgan fingerprint density at radius 3 is 2.46 bits per heavy atom. The van der Waals surface area contributed by atoms with Crippen LogP contribution in [0.5, 0.6) is 0 Å². The molecule has 2 rings (SSSR count). The summed E-state index contributed by atoms with van der Waals surface area (Å²) >= 11 is 0. The average molecular weight is 505 g/mol. The molecule has 1 aromatic rings. The van der Waals surface area contributed by atoms with Gasteiger partial charge in [0.1, 0.15) is 5.82 Å². The maximum Gasteiger partial charge on any atom is 0.251 e. The molecule has 9 heteroatoms. The van der Waals surface area contributed by atoms with Crippen molar-refractivity contribution in [3.8, 4) is 0 Å². The molecule has 0 atom stereocenters. The minimum atomic E-state index is -0.392. The number of halogens is 2. The van der Waals surface area contributed by atoms with Gasteiger partial charge in [-0.05, 0) is 44.4 Å². The summed E-state index contributed by atoms with van der Waals surface area (Å²) in [4.78, 5) is 28.0. The van der Waals surface area contributed by atoms with Crippen LogP contribution in [0.1, 0.15) is 35.7 Å². The number of benzene rings is 1. The predicted octanol–water partition coefficient (Wildman–Crippen LogP) is 1.56. The maximum absolute atomic E-state index is 13.5. The Balaban J connectivity index is 0.00000392. The first-order chi connectivity index (χ1) is 13.0. The highest BCUT2D eigenvalue weighted by molar-refractivity contribution is 14.0. The fraction of sp³-hybridized carbons (Fsp3) is 0.526. The van der Waals surface area contributed by atoms with Gasteiger partial charge in [0.25, 0.3) is 5.91 Å². The smallest absolute Gasteiger partial charge is 0.251 e. The molecule has 7 nitrogen and oxygen atoms in total. The SMILES string of the molecule is CCNC(=NCCNC(=O)C1CC1)NCCNC(=O)c1ccc(C)c(F)c1.I. The summed E-state index contributed by atoms with van der Waals surface area (Å²) in [5, 5.41) is 11.8. The summed E-state index contributed by atoms with van der Waals surface area (Å²) in [6.45, 7) is 6.14. The van der Waals surface area contributed by atoms with E-state index in [9.17, 15) is 14.0 Å². The zero-order chi connectivity index (χ0) is 19.6. The number of hydrogen-bond donors (Lipinski definition) is 4. The van der Waals surface area contributed by atoms with Crippen molar-refractivity contribution in [2.75, 3.05) is 32.7 Å². The van der Waals surface area contributed by atoms with Gasteiger partial charge in [-0.2, -0.15) is 0 Å². The van der Waals surface area contributed by atoms with Crippen LogP contribution in [0, 0.1) is 18.7 Å². The molecule has 1 aliphatic carbocycles. The lowest BCUT2D eigenvalue weighted by Crippen LogP contribution is -2.42. The molecule has 0 saturated heterocycles. The molecule has 1 aliphatic rings. The minimum Gasteiger partial charge on any atom is -0.357 e. The highest BCUT2D eigenvalue weighted by Crippen LogP contribution is 2.28. The van der Waals surface area contributed by atoms with Crippen molar-refractivity contribution in [1.29, 1.82) is 0 Å². The van der Waals surface area contributed by atoms with Crippen LogP contribution in [0.25, 0.3) is 0 Å². The zero-order valence-corrected chi connectivity index (χ0v) is 18.6. The van der Waals surface area contributed by atoms with E-state index in [1.807, 2.05) is 6.92 Å². The first-order valence-electron chi connectivity index (χ1n) is 9.35. The fourth-order valence-corrected chi connectivity index (χ4v) is 2.37. The second-order valence-electron chi connectivity index (χ2n) is 6.47. The fourth-order valence-electron chi connectivity index (χ4n) is 2.37. The molecule has 0 heterocycles. The van der Waals surface area contributed by atoms with Gasteiger partial charge < -0.3 is 21.3 Å². The number of hydrogen-bond acceptors (Lipinski definition) is 3. The van der Waals surface area contributed by atoms with Gasteiger partial charge in [0.2, 0.25) is 5.91 Å². The standard InChI is InChI=1S/C19H28FN5O2.HI/c1-3-21-19(24-10-8-22-17(26)14-6-7-14)25-11-9-23-18(27)15-5-4-13(2)16(20)12-15;/h4-5,12,14H,3,6-11H2,1-2H3,(H,22,26)(H,23,27)(H2,21,24,25);1H. The Labute approximate surface area is 182 Å². The van der Waals surface area contributed by atoms with Crippen molar-refractivity contribution < 1.29 is 14.0 Å². The molecule has 28 heavy (non-hydrogen) atoms. The van der Waals surface area contributed by atoms with Crippen molar-refractivity contribution in [2.45, 2.75) is 26.7 Å². The lowest BCUT2D eigenvalue weighted by Gasteiger charge is -2.12. The molecule has 0 spiro atoms. The topological polar surface area (TPSA) is 94.6 Å². The van der Waals surface area contributed by atoms with Crippen LogP contribution < -0.4 is 21.3 Å². The first-order valence-corrected chi connectivity index (χ1v) is 9.35. The number of guanidine groups is 1. The highest BCUT2D eigenvalue weighted by atomic mass is 127. The summed E-state index contributed by atoms with van der Waals surface area (Å²) in [6, 6.07) is 4.42. The van der Waals surface area contributed by atoms with Gasteiger partial charge in [0, 0.05) is 37.7 Å². The monoisotopic (exact) mass is 505 g/mol. The van der Waals surface area contributed by atoms with Crippen LogP contribution in [0.3, 0.4) is 0 Å². The minimum absolute atomic E-state index is 0. The summed E-state index contributed by atoms with van der Waals surface area (Å²) in [7, 11) is 0. The van der Waals surface area contributed by atoms with E-state index in [1.54, 1.807) is 19.1 Å². The number of rotatable bonds is 9. The largest absolute Gasteiger partial charge is 0.357 e. The Kier molecular flexibility index (Phi) is 10.8. The van der Waals surface area contributed by atoms with Gasteiger partial charge in [-0.15, -0.1) is 24.0 Å². The van der Waals surface area contributed by atoms with E-state index in [1.165, 1.54) is 6.07 Å². The van der Waals surface area contributed by atoms with Gasteiger partial charge in [-0.3, -0.25) is 14.6 Å². The highest BCUT2D eigenvalue weighted by Gasteiger charge is 2.28. The second kappa shape index (κ2) is 12.5. The van der Waals surface area contributed by atoms with Crippen molar-refractivity contribution in [3.63, 3.8) is 0 Å². The Morgan fingerprint density at radius 1 is 1.11 bits per heavy atom. The molecule has 0 aliphatic heterocycles. The normalized spacial score (nSPS) is 13.3. The van der Waals surface area contributed by atoms with Crippen molar-refractivity contribution >= 4 is 41.8 Å². The number of aliphatic imine (C=N–C) groups is 1. The third kappa shape index (κ3) is 8.41. The van der Waals surface area contributed by atoms with Crippen LogP contribution in [-0.2, 0) is 4.79 Å². The van der Waals surface area contributed by atoms with Gasteiger partial charge in [0.05, 0.1) is 6.54 Å². The molecule has 1 saturated carbocycles. The van der Waals surface area contributed by atoms with E-state index >= 15 is 0 Å². The molecule has 1 aromatic carbocycles. The van der Waals surface area contributed by atoms with Crippen LogP contribution >= 0.6 is 24.0 Å². The van der Waals surface area contributed by atoms with Crippen LogP contribution in [0.2, 0.25) is 0 Å². The lowest BCUT2D eigenvalue weighted by molar-refractivity contribution is -0.122. The van der Waals surface area contributed by atoms with Gasteiger partial charge >= 0.3 is 0 Å². The van der Waals surface area contributed by atoms with Crippen LogP contribution in [-0.4, -0.2) is 50.5 Å². The average Bonchev–Trinajstić information content (AvgIpc) is 3.49. The van der Waals surface area contributed by atoms with E-state index in [0.29, 0.717) is 49.8 Å². The van der Waals surface area contributed by atoms with Crippen molar-refractivity contribution in [2.24, 2.45) is 10.9 Å². The Bertz CT molecular complexity index is 695. The number of aryl methyl sites for hydroxylation is 1. The molecular formula is C19H29FIN5O2. The predicted molar refractivity (Wildman–Crippen MR) is 119 cm³/mol. The molecular weight excluding hydrogens is 476 g/mol. The number of carbonyl (C=O) groups excluding carboxylic acids is 2. The summed E-state index contributed by atoms with van der Waals surface area (Å²) in [6.07, 6.45) is 1.97. The van der Waals surface area contributed by atoms with E-state index < -0.39 is 5.82 Å². The summed E-state index contributed by atoms with van der Waals surface area (Å²) in [5.74, 6) is 0.217. The van der Waals surface area contributed by atoms with Crippen molar-refractivity contribution in [3.05, 3.63) is 35.1 Å². The van der Waals surface area contributed by atoms with Crippen LogP contribution in [0.4, 0.5) is 4.39 Å². The summed E-state index contributed by atoms with van der Waals surface area (Å²) < 4.78 is 13.5. The molecule has 156 valence electrons. The number of amides is 2. The molecule has 0 unspecified atom stereocenters. The zero-order valence-electron chi connectivity index (χ0n) is 16.3. The molecule has 0 bridgehead atoms. The molecule has 1 fully saturated rings. The first kappa shape index (κ1) is 24.1. The third-order valence-corrected chi connectivity index (χ3v) is 4.11. The molecule has 0 radical (unpaired) electrons. The molecule has 4 N–H and O–H groups in total. The number of nitrogens with zero attached hydrogens (tertiary/aromatic N) is 1. The van der Waals surface area contributed by atoms with E-state index in [2.05, 4.69) is 26.3 Å². The van der Waals surface area contributed by atoms with Crippen LogP contribution in [0.15, 0.2) is 23.2 Å². The van der Waals surface area contributed by atoms with E-state index in [0.717, 1.165) is 12.8 Å². The Hall–Kier alpha value is -1.91. The third-order valence-electron chi connectivity index (χ3n) is 4.11. The Morgan fingerprint density at radius 2 is 1.82 bits per heavy atom. The van der Waals surface area contributed by atoms with Gasteiger partial charge in [0.15, 0.2) is 5.96 Å². The van der Waals surface area contributed by atoms with E-state index in [-0.39, 0.29) is 41.7 Å². The van der Waals surface area contributed by atoms with Crippen molar-refractivity contribution in [1.82, 2.24) is 21.3 Å².